The largest absolute Gasteiger partial charge is 0.467 e. The Morgan fingerprint density at radius 1 is 1.30 bits per heavy atom. The van der Waals surface area contributed by atoms with Crippen molar-refractivity contribution < 1.29 is 9.53 Å². The van der Waals surface area contributed by atoms with E-state index in [2.05, 4.69) is 19.2 Å². The fourth-order valence-corrected chi connectivity index (χ4v) is 4.21. The lowest BCUT2D eigenvalue weighted by atomic mass is 9.79. The highest BCUT2D eigenvalue weighted by atomic mass is 35.5. The zero-order valence-corrected chi connectivity index (χ0v) is 13.6. The zero-order chi connectivity index (χ0) is 14.8. The second-order valence-corrected chi connectivity index (χ2v) is 7.46. The van der Waals surface area contributed by atoms with Crippen LogP contribution in [-0.2, 0) is 9.53 Å². The van der Waals surface area contributed by atoms with Crippen LogP contribution in [0.25, 0.3) is 0 Å². The average molecular weight is 314 g/mol. The second kappa shape index (κ2) is 5.86. The van der Waals surface area contributed by atoms with Crippen LogP contribution in [0.5, 0.6) is 0 Å². The van der Waals surface area contributed by atoms with Gasteiger partial charge < -0.3 is 10.1 Å². The van der Waals surface area contributed by atoms with Gasteiger partial charge >= 0.3 is 5.97 Å². The number of esters is 1. The highest BCUT2D eigenvalue weighted by molar-refractivity contribution is 7.99. The van der Waals surface area contributed by atoms with E-state index in [1.807, 2.05) is 24.3 Å². The molecule has 1 aromatic carbocycles. The summed E-state index contributed by atoms with van der Waals surface area (Å²) < 4.78 is 5.04. The van der Waals surface area contributed by atoms with Crippen molar-refractivity contribution in [3.05, 3.63) is 29.3 Å². The molecule has 1 N–H and O–H groups in total. The second-order valence-electron chi connectivity index (χ2n) is 6.04. The number of methoxy groups -OCH3 is 1. The lowest BCUT2D eigenvalue weighted by Gasteiger charge is -2.43. The Morgan fingerprint density at radius 3 is 2.50 bits per heavy atom. The lowest BCUT2D eigenvalue weighted by Crippen LogP contribution is -2.55. The van der Waals surface area contributed by atoms with Gasteiger partial charge in [0.05, 0.1) is 7.11 Å². The highest BCUT2D eigenvalue weighted by Crippen LogP contribution is 2.41. The molecule has 1 unspecified atom stereocenters. The predicted octanol–water partition coefficient (Wildman–Crippen LogP) is 3.83. The molecule has 1 aliphatic rings. The molecule has 1 atom stereocenters. The first-order valence-corrected chi connectivity index (χ1v) is 8.10. The molecule has 0 bridgehead atoms. The van der Waals surface area contributed by atoms with E-state index >= 15 is 0 Å². The Morgan fingerprint density at radius 2 is 1.95 bits per heavy atom. The lowest BCUT2D eigenvalue weighted by molar-refractivity contribution is -0.146. The van der Waals surface area contributed by atoms with Crippen LogP contribution in [0, 0.1) is 5.41 Å². The Kier molecular flexibility index (Phi) is 4.55. The normalized spacial score (nSPS) is 25.0. The molecule has 20 heavy (non-hydrogen) atoms. The molecule has 5 heteroatoms. The molecule has 1 heterocycles. The minimum Gasteiger partial charge on any atom is -0.467 e. The fraction of sp³-hybridized carbons (Fsp3) is 0.533. The quantitative estimate of drug-likeness (QED) is 0.861. The van der Waals surface area contributed by atoms with E-state index in [4.69, 9.17) is 16.3 Å². The van der Waals surface area contributed by atoms with Gasteiger partial charge in [0, 0.05) is 16.5 Å². The van der Waals surface area contributed by atoms with Crippen LogP contribution in [-0.4, -0.2) is 30.1 Å². The van der Waals surface area contributed by atoms with Crippen molar-refractivity contribution in [2.75, 3.05) is 23.9 Å². The molecule has 1 aliphatic heterocycles. The summed E-state index contributed by atoms with van der Waals surface area (Å²) in [5.74, 6) is 1.56. The molecule has 1 aromatic rings. The van der Waals surface area contributed by atoms with Crippen molar-refractivity contribution in [3.8, 4) is 0 Å². The van der Waals surface area contributed by atoms with E-state index in [-0.39, 0.29) is 11.4 Å². The van der Waals surface area contributed by atoms with Gasteiger partial charge in [-0.05, 0) is 41.9 Å². The molecule has 0 spiro atoms. The molecule has 0 radical (unpaired) electrons. The third kappa shape index (κ3) is 3.41. The summed E-state index contributed by atoms with van der Waals surface area (Å²) in [5.41, 5.74) is 0.309. The first-order chi connectivity index (χ1) is 9.37. The number of rotatable bonds is 3. The van der Waals surface area contributed by atoms with Gasteiger partial charge in [-0.15, -0.1) is 0 Å². The Bertz CT molecular complexity index is 489. The summed E-state index contributed by atoms with van der Waals surface area (Å²) in [6.45, 7) is 4.36. The van der Waals surface area contributed by atoms with Gasteiger partial charge in [-0.25, -0.2) is 4.79 Å². The van der Waals surface area contributed by atoms with Crippen LogP contribution in [0.1, 0.15) is 20.3 Å². The van der Waals surface area contributed by atoms with Crippen molar-refractivity contribution in [2.45, 2.75) is 25.8 Å². The number of carbonyl (C=O) groups excluding carboxylic acids is 1. The third-order valence-corrected chi connectivity index (χ3v) is 5.36. The molecule has 0 saturated carbocycles. The minimum absolute atomic E-state index is 0.0938. The first-order valence-electron chi connectivity index (χ1n) is 6.57. The van der Waals surface area contributed by atoms with Crippen molar-refractivity contribution in [2.24, 2.45) is 5.41 Å². The number of carbonyl (C=O) groups is 1. The highest BCUT2D eigenvalue weighted by Gasteiger charge is 2.47. The van der Waals surface area contributed by atoms with Crippen molar-refractivity contribution in [3.63, 3.8) is 0 Å². The monoisotopic (exact) mass is 313 g/mol. The Hall–Kier alpha value is -0.870. The molecule has 0 aromatic heterocycles. The van der Waals surface area contributed by atoms with Gasteiger partial charge in [-0.3, -0.25) is 0 Å². The predicted molar refractivity (Wildman–Crippen MR) is 85.5 cm³/mol. The van der Waals surface area contributed by atoms with Crippen LogP contribution < -0.4 is 5.32 Å². The number of halogens is 1. The number of thioether (sulfide) groups is 1. The summed E-state index contributed by atoms with van der Waals surface area (Å²) in [6, 6.07) is 7.41. The topological polar surface area (TPSA) is 38.3 Å². The zero-order valence-electron chi connectivity index (χ0n) is 12.0. The van der Waals surface area contributed by atoms with E-state index in [1.54, 1.807) is 11.8 Å². The summed E-state index contributed by atoms with van der Waals surface area (Å²) in [4.78, 5) is 12.3. The van der Waals surface area contributed by atoms with Crippen molar-refractivity contribution in [1.82, 2.24) is 0 Å². The molecule has 0 aliphatic carbocycles. The molecule has 3 nitrogen and oxygen atoms in total. The average Bonchev–Trinajstić information content (AvgIpc) is 2.39. The van der Waals surface area contributed by atoms with E-state index in [1.165, 1.54) is 7.11 Å². The number of anilines is 1. The third-order valence-electron chi connectivity index (χ3n) is 3.43. The van der Waals surface area contributed by atoms with E-state index in [0.29, 0.717) is 10.8 Å². The Balaban J connectivity index is 2.28. The van der Waals surface area contributed by atoms with Crippen LogP contribution >= 0.6 is 23.4 Å². The van der Waals surface area contributed by atoms with Gasteiger partial charge in [0.1, 0.15) is 5.54 Å². The molecule has 0 amide bonds. The van der Waals surface area contributed by atoms with E-state index in [0.717, 1.165) is 17.9 Å². The van der Waals surface area contributed by atoms with Gasteiger partial charge in [0.2, 0.25) is 0 Å². The smallest absolute Gasteiger partial charge is 0.332 e. The summed E-state index contributed by atoms with van der Waals surface area (Å²) in [5, 5.41) is 4.06. The number of benzene rings is 1. The molecule has 1 saturated heterocycles. The molecular weight excluding hydrogens is 294 g/mol. The fourth-order valence-electron chi connectivity index (χ4n) is 2.69. The molecule has 110 valence electrons. The maximum atomic E-state index is 12.3. The molecule has 1 fully saturated rings. The van der Waals surface area contributed by atoms with Gasteiger partial charge in [-0.1, -0.05) is 25.4 Å². The van der Waals surface area contributed by atoms with Gasteiger partial charge in [0.15, 0.2) is 0 Å². The standard InChI is InChI=1S/C15H20ClNO2S/c1-14(2)8-15(10-20-9-14,13(18)19-3)17-12-6-4-11(16)5-7-12/h4-7,17H,8-10H2,1-3H3. The minimum atomic E-state index is -0.672. The SMILES string of the molecule is COC(=O)C1(Nc2ccc(Cl)cc2)CSCC(C)(C)C1. The van der Waals surface area contributed by atoms with Crippen molar-refractivity contribution >= 4 is 35.0 Å². The van der Waals surface area contributed by atoms with Crippen LogP contribution in [0.2, 0.25) is 5.02 Å². The summed E-state index contributed by atoms with van der Waals surface area (Å²) >= 11 is 7.69. The molecular formula is C15H20ClNO2S. The number of ether oxygens (including phenoxy) is 1. The van der Waals surface area contributed by atoms with Crippen LogP contribution in [0.4, 0.5) is 5.69 Å². The maximum Gasteiger partial charge on any atom is 0.332 e. The first kappa shape index (κ1) is 15.5. The van der Waals surface area contributed by atoms with Gasteiger partial charge in [0.25, 0.3) is 0 Å². The molecule has 2 rings (SSSR count). The maximum absolute atomic E-state index is 12.3. The van der Waals surface area contributed by atoms with E-state index < -0.39 is 5.54 Å². The number of nitrogens with one attached hydrogen (secondary N) is 1. The number of hydrogen-bond acceptors (Lipinski definition) is 4. The van der Waals surface area contributed by atoms with Crippen molar-refractivity contribution in [1.29, 1.82) is 0 Å². The van der Waals surface area contributed by atoms with Crippen LogP contribution in [0.15, 0.2) is 24.3 Å². The van der Waals surface area contributed by atoms with Crippen LogP contribution in [0.3, 0.4) is 0 Å². The number of hydrogen-bond donors (Lipinski definition) is 1. The summed E-state index contributed by atoms with van der Waals surface area (Å²) in [6.07, 6.45) is 0.752. The van der Waals surface area contributed by atoms with E-state index in [9.17, 15) is 4.79 Å². The van der Waals surface area contributed by atoms with Gasteiger partial charge in [-0.2, -0.15) is 11.8 Å². The summed E-state index contributed by atoms with van der Waals surface area (Å²) in [7, 11) is 1.44. The Labute approximate surface area is 129 Å².